The van der Waals surface area contributed by atoms with Crippen LogP contribution in [0.2, 0.25) is 0 Å². The van der Waals surface area contributed by atoms with E-state index >= 15 is 0 Å². The van der Waals surface area contributed by atoms with Gasteiger partial charge in [0.15, 0.2) is 0 Å². The third-order valence-electron chi connectivity index (χ3n) is 4.25. The topological polar surface area (TPSA) is 58.4 Å². The number of nitrogens with zero attached hydrogens (tertiary/aromatic N) is 1. The summed E-state index contributed by atoms with van der Waals surface area (Å²) in [5.74, 6) is 0.683. The van der Waals surface area contributed by atoms with Crippen LogP contribution in [0.3, 0.4) is 0 Å². The van der Waals surface area contributed by atoms with Gasteiger partial charge in [0.05, 0.1) is 6.04 Å². The van der Waals surface area contributed by atoms with Gasteiger partial charge in [-0.05, 0) is 44.7 Å². The molecule has 20 heavy (non-hydrogen) atoms. The van der Waals surface area contributed by atoms with E-state index in [0.29, 0.717) is 6.04 Å². The fourth-order valence-electron chi connectivity index (χ4n) is 3.17. The van der Waals surface area contributed by atoms with Crippen molar-refractivity contribution in [2.24, 2.45) is 11.7 Å². The summed E-state index contributed by atoms with van der Waals surface area (Å²) in [6, 6.07) is 0.107. The highest BCUT2D eigenvalue weighted by molar-refractivity contribution is 5.79. The molecule has 1 aliphatic heterocycles. The number of rotatable bonds is 8. The van der Waals surface area contributed by atoms with Gasteiger partial charge in [-0.25, -0.2) is 0 Å². The first-order chi connectivity index (χ1) is 9.52. The minimum Gasteiger partial charge on any atom is -0.368 e. The highest BCUT2D eigenvalue weighted by Gasteiger charge is 2.20. The lowest BCUT2D eigenvalue weighted by atomic mass is 9.96. The van der Waals surface area contributed by atoms with Crippen LogP contribution in [-0.4, -0.2) is 42.5 Å². The van der Waals surface area contributed by atoms with Crippen molar-refractivity contribution in [3.8, 4) is 0 Å². The largest absolute Gasteiger partial charge is 0.368 e. The molecule has 118 valence electrons. The first-order valence-electron chi connectivity index (χ1n) is 8.30. The molecule has 0 aromatic rings. The second-order valence-corrected chi connectivity index (χ2v) is 6.49. The smallest absolute Gasteiger partial charge is 0.234 e. The van der Waals surface area contributed by atoms with E-state index in [0.717, 1.165) is 18.9 Å². The van der Waals surface area contributed by atoms with Crippen molar-refractivity contribution in [3.05, 3.63) is 0 Å². The van der Waals surface area contributed by atoms with Crippen molar-refractivity contribution < 1.29 is 4.79 Å². The normalized spacial score (nSPS) is 22.7. The summed E-state index contributed by atoms with van der Waals surface area (Å²) in [5.41, 5.74) is 5.47. The predicted octanol–water partition coefficient (Wildman–Crippen LogP) is 2.13. The molecule has 0 aliphatic carbocycles. The maximum absolute atomic E-state index is 11.5. The van der Waals surface area contributed by atoms with Gasteiger partial charge in [0.1, 0.15) is 0 Å². The van der Waals surface area contributed by atoms with Crippen LogP contribution in [0.1, 0.15) is 59.3 Å². The molecule has 4 heteroatoms. The number of carbonyl (C=O) groups is 1. The summed E-state index contributed by atoms with van der Waals surface area (Å²) in [7, 11) is 0. The van der Waals surface area contributed by atoms with E-state index in [4.69, 9.17) is 5.73 Å². The van der Waals surface area contributed by atoms with Gasteiger partial charge in [-0.1, -0.05) is 33.6 Å². The quantitative estimate of drug-likeness (QED) is 0.717. The molecule has 0 spiro atoms. The number of hydrogen-bond donors (Lipinski definition) is 2. The Labute approximate surface area is 124 Å². The van der Waals surface area contributed by atoms with E-state index in [1.54, 1.807) is 0 Å². The summed E-state index contributed by atoms with van der Waals surface area (Å²) in [5, 5.41) is 3.26. The number of likely N-dealkylation sites (tertiary alicyclic amines) is 1. The third kappa shape index (κ3) is 6.71. The molecule has 1 rings (SSSR count). The molecule has 1 amide bonds. The molecule has 2 unspecified atom stereocenters. The van der Waals surface area contributed by atoms with E-state index in [9.17, 15) is 4.79 Å². The van der Waals surface area contributed by atoms with Crippen LogP contribution in [0.5, 0.6) is 0 Å². The Balaban J connectivity index is 2.34. The number of primary amides is 1. The molecule has 0 bridgehead atoms. The van der Waals surface area contributed by atoms with E-state index in [-0.39, 0.29) is 11.9 Å². The fraction of sp³-hybridized carbons (Fsp3) is 0.938. The Morgan fingerprint density at radius 1 is 1.35 bits per heavy atom. The highest BCUT2D eigenvalue weighted by atomic mass is 16.1. The second-order valence-electron chi connectivity index (χ2n) is 6.49. The molecule has 2 atom stereocenters. The Kier molecular flexibility index (Phi) is 8.15. The first kappa shape index (κ1) is 17.4. The maximum atomic E-state index is 11.5. The standard InChI is InChI=1S/C16H33N3O/c1-4-6-14-7-5-10-19(11-8-14)12-9-15(16(17)20)18-13(2)3/h13-15,18H,4-12H2,1-3H3,(H2,17,20). The number of carbonyl (C=O) groups excluding carboxylic acids is 1. The van der Waals surface area contributed by atoms with Gasteiger partial charge < -0.3 is 16.0 Å². The Morgan fingerprint density at radius 3 is 2.70 bits per heavy atom. The lowest BCUT2D eigenvalue weighted by molar-refractivity contribution is -0.120. The predicted molar refractivity (Wildman–Crippen MR) is 84.6 cm³/mol. The van der Waals surface area contributed by atoms with Gasteiger partial charge in [-0.3, -0.25) is 4.79 Å². The van der Waals surface area contributed by atoms with Crippen molar-refractivity contribution in [1.82, 2.24) is 10.2 Å². The highest BCUT2D eigenvalue weighted by Crippen LogP contribution is 2.22. The van der Waals surface area contributed by atoms with E-state index in [2.05, 4.69) is 31.0 Å². The van der Waals surface area contributed by atoms with E-state index in [1.165, 1.54) is 45.2 Å². The summed E-state index contributed by atoms with van der Waals surface area (Å²) in [6.45, 7) is 9.71. The average molecular weight is 283 g/mol. The molecule has 1 heterocycles. The van der Waals surface area contributed by atoms with Gasteiger partial charge in [0.2, 0.25) is 5.91 Å². The van der Waals surface area contributed by atoms with Crippen LogP contribution < -0.4 is 11.1 Å². The lowest BCUT2D eigenvalue weighted by Crippen LogP contribution is -2.46. The van der Waals surface area contributed by atoms with E-state index < -0.39 is 0 Å². The second kappa shape index (κ2) is 9.35. The van der Waals surface area contributed by atoms with Crippen LogP contribution in [0.15, 0.2) is 0 Å². The Hall–Kier alpha value is -0.610. The molecule has 3 N–H and O–H groups in total. The summed E-state index contributed by atoms with van der Waals surface area (Å²) < 4.78 is 0. The molecule has 4 nitrogen and oxygen atoms in total. The summed E-state index contributed by atoms with van der Waals surface area (Å²) in [4.78, 5) is 14.0. The first-order valence-corrected chi connectivity index (χ1v) is 8.30. The van der Waals surface area contributed by atoms with Crippen LogP contribution in [0.25, 0.3) is 0 Å². The number of nitrogens with one attached hydrogen (secondary N) is 1. The third-order valence-corrected chi connectivity index (χ3v) is 4.25. The Bertz CT molecular complexity index is 281. The van der Waals surface area contributed by atoms with Crippen molar-refractivity contribution >= 4 is 5.91 Å². The van der Waals surface area contributed by atoms with Crippen LogP contribution in [-0.2, 0) is 4.79 Å². The molecule has 1 aliphatic rings. The monoisotopic (exact) mass is 283 g/mol. The zero-order valence-corrected chi connectivity index (χ0v) is 13.5. The molecule has 0 saturated carbocycles. The maximum Gasteiger partial charge on any atom is 0.234 e. The molecular formula is C16H33N3O. The summed E-state index contributed by atoms with van der Waals surface area (Å²) >= 11 is 0. The molecule has 0 aromatic carbocycles. The number of amides is 1. The van der Waals surface area contributed by atoms with Gasteiger partial charge in [-0.2, -0.15) is 0 Å². The van der Waals surface area contributed by atoms with Crippen molar-refractivity contribution in [1.29, 1.82) is 0 Å². The Morgan fingerprint density at radius 2 is 2.10 bits per heavy atom. The van der Waals surface area contributed by atoms with Crippen LogP contribution >= 0.6 is 0 Å². The molecule has 1 fully saturated rings. The van der Waals surface area contributed by atoms with E-state index in [1.807, 2.05) is 0 Å². The van der Waals surface area contributed by atoms with Gasteiger partial charge in [0, 0.05) is 12.6 Å². The average Bonchev–Trinajstić information content (AvgIpc) is 2.60. The molecule has 0 aromatic heterocycles. The van der Waals surface area contributed by atoms with Crippen LogP contribution in [0.4, 0.5) is 0 Å². The minimum absolute atomic E-state index is 0.190. The molecule has 1 saturated heterocycles. The lowest BCUT2D eigenvalue weighted by Gasteiger charge is -2.24. The van der Waals surface area contributed by atoms with Gasteiger partial charge in [-0.15, -0.1) is 0 Å². The van der Waals surface area contributed by atoms with Gasteiger partial charge >= 0.3 is 0 Å². The van der Waals surface area contributed by atoms with Crippen molar-refractivity contribution in [2.45, 2.75) is 71.4 Å². The summed E-state index contributed by atoms with van der Waals surface area (Å²) in [6.07, 6.45) is 7.47. The number of nitrogens with two attached hydrogens (primary N) is 1. The number of hydrogen-bond acceptors (Lipinski definition) is 3. The SMILES string of the molecule is CCCC1CCCN(CCC(NC(C)C)C(N)=O)CC1. The zero-order valence-electron chi connectivity index (χ0n) is 13.5. The minimum atomic E-state index is -0.225. The molecular weight excluding hydrogens is 250 g/mol. The van der Waals surface area contributed by atoms with Crippen molar-refractivity contribution in [2.75, 3.05) is 19.6 Å². The van der Waals surface area contributed by atoms with Crippen molar-refractivity contribution in [3.63, 3.8) is 0 Å². The van der Waals surface area contributed by atoms with Crippen LogP contribution in [0, 0.1) is 5.92 Å². The fourth-order valence-corrected chi connectivity index (χ4v) is 3.17. The molecule has 0 radical (unpaired) electrons. The van der Waals surface area contributed by atoms with Gasteiger partial charge in [0.25, 0.3) is 0 Å². The zero-order chi connectivity index (χ0) is 15.0.